The summed E-state index contributed by atoms with van der Waals surface area (Å²) >= 11 is 0. The Morgan fingerprint density at radius 1 is 0.923 bits per heavy atom. The first-order valence-corrected chi connectivity index (χ1v) is 8.96. The quantitative estimate of drug-likeness (QED) is 0.669. The molecule has 134 valence electrons. The molecule has 4 nitrogen and oxygen atoms in total. The molecule has 4 heteroatoms. The largest absolute Gasteiger partial charge is 0.345 e. The molecule has 0 radical (unpaired) electrons. The minimum atomic E-state index is -0.135. The van der Waals surface area contributed by atoms with Gasteiger partial charge in [-0.3, -0.25) is 0 Å². The Balaban J connectivity index is 1.47. The van der Waals surface area contributed by atoms with Crippen LogP contribution in [-0.2, 0) is 19.5 Å². The molecule has 0 fully saturated rings. The first-order chi connectivity index (χ1) is 12.7. The van der Waals surface area contributed by atoms with Gasteiger partial charge < -0.3 is 15.2 Å². The molecule has 0 spiro atoms. The SMILES string of the molecule is Cc1ccccc1Cn1cccc1CNC(=O)NCCc1ccccc1. The topological polar surface area (TPSA) is 46.1 Å². The van der Waals surface area contributed by atoms with Crippen LogP contribution in [0.3, 0.4) is 0 Å². The fourth-order valence-electron chi connectivity index (χ4n) is 2.93. The zero-order valence-electron chi connectivity index (χ0n) is 15.1. The van der Waals surface area contributed by atoms with Crippen LogP contribution in [0.5, 0.6) is 0 Å². The summed E-state index contributed by atoms with van der Waals surface area (Å²) in [5, 5.41) is 5.85. The fourth-order valence-corrected chi connectivity index (χ4v) is 2.93. The number of aromatic nitrogens is 1. The van der Waals surface area contributed by atoms with E-state index in [9.17, 15) is 4.79 Å². The standard InChI is InChI=1S/C22H25N3O/c1-18-8-5-6-11-20(18)17-25-15-7-12-21(25)16-24-22(26)23-14-13-19-9-3-2-4-10-19/h2-12,15H,13-14,16-17H2,1H3,(H2,23,24,26). The van der Waals surface area contributed by atoms with Crippen molar-refractivity contribution in [2.75, 3.05) is 6.54 Å². The number of urea groups is 1. The highest BCUT2D eigenvalue weighted by Crippen LogP contribution is 2.12. The monoisotopic (exact) mass is 347 g/mol. The van der Waals surface area contributed by atoms with E-state index < -0.39 is 0 Å². The van der Waals surface area contributed by atoms with Gasteiger partial charge in [-0.25, -0.2) is 4.79 Å². The minimum Gasteiger partial charge on any atom is -0.345 e. The molecule has 0 aliphatic carbocycles. The number of nitrogens with one attached hydrogen (secondary N) is 2. The van der Waals surface area contributed by atoms with Gasteiger partial charge in [-0.05, 0) is 42.2 Å². The number of amides is 2. The van der Waals surface area contributed by atoms with Crippen molar-refractivity contribution in [2.24, 2.45) is 0 Å². The number of hydrogen-bond acceptors (Lipinski definition) is 1. The van der Waals surface area contributed by atoms with E-state index in [4.69, 9.17) is 0 Å². The average molecular weight is 347 g/mol. The summed E-state index contributed by atoms with van der Waals surface area (Å²) in [7, 11) is 0. The molecule has 0 bridgehead atoms. The van der Waals surface area contributed by atoms with Gasteiger partial charge in [0.05, 0.1) is 6.54 Å². The van der Waals surface area contributed by atoms with Crippen molar-refractivity contribution < 1.29 is 4.79 Å². The Labute approximate surface area is 154 Å². The molecule has 3 aromatic rings. The second-order valence-electron chi connectivity index (χ2n) is 6.40. The molecule has 1 aromatic heterocycles. The van der Waals surface area contributed by atoms with Crippen molar-refractivity contribution >= 4 is 6.03 Å². The zero-order chi connectivity index (χ0) is 18.2. The van der Waals surface area contributed by atoms with Crippen LogP contribution in [0.4, 0.5) is 4.79 Å². The van der Waals surface area contributed by atoms with Gasteiger partial charge in [0.15, 0.2) is 0 Å². The molecular weight excluding hydrogens is 322 g/mol. The number of rotatable bonds is 7. The maximum absolute atomic E-state index is 12.0. The van der Waals surface area contributed by atoms with Crippen molar-refractivity contribution in [1.82, 2.24) is 15.2 Å². The van der Waals surface area contributed by atoms with Crippen LogP contribution < -0.4 is 10.6 Å². The van der Waals surface area contributed by atoms with Crippen LogP contribution in [0.2, 0.25) is 0 Å². The second-order valence-corrected chi connectivity index (χ2v) is 6.40. The molecule has 0 saturated heterocycles. The fraction of sp³-hybridized carbons (Fsp3) is 0.227. The highest BCUT2D eigenvalue weighted by molar-refractivity contribution is 5.73. The van der Waals surface area contributed by atoms with E-state index in [1.54, 1.807) is 0 Å². The Morgan fingerprint density at radius 3 is 2.50 bits per heavy atom. The van der Waals surface area contributed by atoms with E-state index in [2.05, 4.69) is 64.7 Å². The van der Waals surface area contributed by atoms with Crippen molar-refractivity contribution in [3.63, 3.8) is 0 Å². The van der Waals surface area contributed by atoms with Crippen molar-refractivity contribution in [2.45, 2.75) is 26.4 Å². The van der Waals surface area contributed by atoms with Crippen LogP contribution >= 0.6 is 0 Å². The number of hydrogen-bond donors (Lipinski definition) is 2. The molecule has 2 N–H and O–H groups in total. The Morgan fingerprint density at radius 2 is 1.69 bits per heavy atom. The third-order valence-corrected chi connectivity index (χ3v) is 4.50. The molecule has 2 amide bonds. The normalized spacial score (nSPS) is 10.5. The number of carbonyl (C=O) groups excluding carboxylic acids is 1. The lowest BCUT2D eigenvalue weighted by Gasteiger charge is -2.12. The smallest absolute Gasteiger partial charge is 0.315 e. The molecule has 1 heterocycles. The summed E-state index contributed by atoms with van der Waals surface area (Å²) in [6.45, 7) is 4.07. The first kappa shape index (κ1) is 17.8. The Kier molecular flexibility index (Phi) is 6.09. The molecule has 0 atom stereocenters. The molecule has 26 heavy (non-hydrogen) atoms. The highest BCUT2D eigenvalue weighted by atomic mass is 16.2. The van der Waals surface area contributed by atoms with Gasteiger partial charge in [-0.15, -0.1) is 0 Å². The number of carbonyl (C=O) groups is 1. The molecule has 3 rings (SSSR count). The van der Waals surface area contributed by atoms with Crippen molar-refractivity contribution in [3.8, 4) is 0 Å². The lowest BCUT2D eigenvalue weighted by atomic mass is 10.1. The molecular formula is C22H25N3O. The maximum atomic E-state index is 12.0. The van der Waals surface area contributed by atoms with E-state index in [0.29, 0.717) is 13.1 Å². The number of aryl methyl sites for hydroxylation is 1. The minimum absolute atomic E-state index is 0.135. The second kappa shape index (κ2) is 8.90. The lowest BCUT2D eigenvalue weighted by Crippen LogP contribution is -2.36. The van der Waals surface area contributed by atoms with E-state index in [0.717, 1.165) is 18.7 Å². The zero-order valence-corrected chi connectivity index (χ0v) is 15.1. The van der Waals surface area contributed by atoms with Gasteiger partial charge in [-0.2, -0.15) is 0 Å². The summed E-state index contributed by atoms with van der Waals surface area (Å²) in [4.78, 5) is 12.0. The predicted molar refractivity (Wildman–Crippen MR) is 105 cm³/mol. The van der Waals surface area contributed by atoms with E-state index in [1.165, 1.54) is 16.7 Å². The van der Waals surface area contributed by atoms with Gasteiger partial charge >= 0.3 is 6.03 Å². The summed E-state index contributed by atoms with van der Waals surface area (Å²) < 4.78 is 2.17. The van der Waals surface area contributed by atoms with E-state index in [-0.39, 0.29) is 6.03 Å². The lowest BCUT2D eigenvalue weighted by molar-refractivity contribution is 0.240. The van der Waals surface area contributed by atoms with Crippen LogP contribution in [0.1, 0.15) is 22.4 Å². The van der Waals surface area contributed by atoms with Gasteiger partial charge in [-0.1, -0.05) is 54.6 Å². The van der Waals surface area contributed by atoms with Crippen LogP contribution in [0.15, 0.2) is 72.9 Å². The molecule has 0 aliphatic rings. The molecule has 0 aliphatic heterocycles. The average Bonchev–Trinajstić information content (AvgIpc) is 3.10. The number of nitrogens with zero attached hydrogens (tertiary/aromatic N) is 1. The van der Waals surface area contributed by atoms with E-state index in [1.807, 2.05) is 30.3 Å². The van der Waals surface area contributed by atoms with Crippen LogP contribution in [0.25, 0.3) is 0 Å². The Bertz CT molecular complexity index is 839. The van der Waals surface area contributed by atoms with Gasteiger partial charge in [0.1, 0.15) is 0 Å². The van der Waals surface area contributed by atoms with Gasteiger partial charge in [0, 0.05) is 25.0 Å². The molecule has 2 aromatic carbocycles. The summed E-state index contributed by atoms with van der Waals surface area (Å²) in [5.74, 6) is 0. The van der Waals surface area contributed by atoms with Gasteiger partial charge in [0.25, 0.3) is 0 Å². The van der Waals surface area contributed by atoms with Crippen molar-refractivity contribution in [1.29, 1.82) is 0 Å². The molecule has 0 saturated carbocycles. The highest BCUT2D eigenvalue weighted by Gasteiger charge is 2.06. The third kappa shape index (κ3) is 4.99. The summed E-state index contributed by atoms with van der Waals surface area (Å²) in [5.41, 5.74) is 4.88. The van der Waals surface area contributed by atoms with E-state index >= 15 is 0 Å². The summed E-state index contributed by atoms with van der Waals surface area (Å²) in [6, 6.07) is 22.5. The number of benzene rings is 2. The van der Waals surface area contributed by atoms with Crippen LogP contribution in [-0.4, -0.2) is 17.1 Å². The molecule has 0 unspecified atom stereocenters. The van der Waals surface area contributed by atoms with Crippen LogP contribution in [0, 0.1) is 6.92 Å². The van der Waals surface area contributed by atoms with Crippen molar-refractivity contribution in [3.05, 3.63) is 95.3 Å². The Hall–Kier alpha value is -3.01. The third-order valence-electron chi connectivity index (χ3n) is 4.50. The first-order valence-electron chi connectivity index (χ1n) is 8.96. The summed E-state index contributed by atoms with van der Waals surface area (Å²) in [6.07, 6.45) is 2.88. The van der Waals surface area contributed by atoms with Gasteiger partial charge in [0.2, 0.25) is 0 Å². The predicted octanol–water partition coefficient (Wildman–Crippen LogP) is 3.89. The maximum Gasteiger partial charge on any atom is 0.315 e.